The number of rotatable bonds is 120. The van der Waals surface area contributed by atoms with Crippen molar-refractivity contribution in [1.29, 1.82) is 0 Å². The summed E-state index contributed by atoms with van der Waals surface area (Å²) in [6.07, 6.45) is 4.19. The molecule has 0 aliphatic rings. The lowest BCUT2D eigenvalue weighted by Gasteiger charge is -2.09. The van der Waals surface area contributed by atoms with Crippen LogP contribution in [-0.2, 0) is 199 Å². The highest BCUT2D eigenvalue weighted by Crippen LogP contribution is 1.96. The molecule has 0 aliphatic heterocycles. The second-order valence-corrected chi connectivity index (χ2v) is 25.1. The summed E-state index contributed by atoms with van der Waals surface area (Å²) in [5.41, 5.74) is 0. The lowest BCUT2D eigenvalue weighted by Crippen LogP contribution is -2.15. The van der Waals surface area contributed by atoms with Gasteiger partial charge in [0.05, 0.1) is 514 Å². The summed E-state index contributed by atoms with van der Waals surface area (Å²) in [4.78, 5) is 0. The van der Waals surface area contributed by atoms with E-state index in [1.807, 2.05) is 0 Å². The fraction of sp³-hybridized carbons (Fsp3) is 0.931. The summed E-state index contributed by atoms with van der Waals surface area (Å²) >= 11 is 0. The van der Waals surface area contributed by atoms with Crippen molar-refractivity contribution in [3.63, 3.8) is 0 Å². The number of methoxy groups -OCH3 is 3. The minimum absolute atomic E-state index is 0.500. The summed E-state index contributed by atoms with van der Waals surface area (Å²) < 4.78 is 225. The summed E-state index contributed by atoms with van der Waals surface area (Å²) in [5, 5.41) is 0. The van der Waals surface area contributed by atoms with Crippen LogP contribution in [-0.4, -0.2) is 537 Å². The molecule has 0 rings (SSSR count). The third-order valence-corrected chi connectivity index (χ3v) is 15.0. The van der Waals surface area contributed by atoms with Gasteiger partial charge in [-0.1, -0.05) is 19.7 Å². The van der Waals surface area contributed by atoms with Crippen LogP contribution in [0.25, 0.3) is 0 Å². The Labute approximate surface area is 771 Å². The third kappa shape index (κ3) is 138. The molecule has 0 aromatic heterocycles. The van der Waals surface area contributed by atoms with Crippen molar-refractivity contribution in [2.45, 2.75) is 0 Å². The Morgan fingerprint density at radius 2 is 0.147 bits per heavy atom. The largest absolute Gasteiger partial charge is 0.499 e. The highest BCUT2D eigenvalue weighted by molar-refractivity contribution is 4.52. The van der Waals surface area contributed by atoms with Crippen LogP contribution in [0.5, 0.6) is 0 Å². The predicted octanol–water partition coefficient (Wildman–Crippen LogP) is 2.98. The maximum absolute atomic E-state index is 5.48. The molecule has 0 bridgehead atoms. The van der Waals surface area contributed by atoms with E-state index in [1.165, 1.54) is 18.8 Å². The first-order valence-electron chi connectivity index (χ1n) is 45.2. The Hall–Kier alpha value is -2.94. The summed E-state index contributed by atoms with van der Waals surface area (Å²) in [5.74, 6) is 0. The van der Waals surface area contributed by atoms with Crippen LogP contribution < -0.4 is 0 Å². The van der Waals surface area contributed by atoms with E-state index in [-0.39, 0.29) is 0 Å². The van der Waals surface area contributed by atoms with Gasteiger partial charge < -0.3 is 199 Å². The molecule has 0 unspecified atom stereocenters. The molecule has 0 fully saturated rings. The molecule has 0 aromatic carbocycles. The van der Waals surface area contributed by atoms with Gasteiger partial charge in [0, 0.05) is 21.3 Å². The molecular formula is C87H174O42. The van der Waals surface area contributed by atoms with Crippen molar-refractivity contribution in [1.82, 2.24) is 0 Å². The van der Waals surface area contributed by atoms with Crippen molar-refractivity contribution >= 4 is 0 Å². The van der Waals surface area contributed by atoms with Gasteiger partial charge in [0.25, 0.3) is 0 Å². The Morgan fingerprint density at radius 3 is 0.202 bits per heavy atom. The van der Waals surface area contributed by atoms with E-state index in [9.17, 15) is 0 Å². The lowest BCUT2D eigenvalue weighted by molar-refractivity contribution is -0.0295. The highest BCUT2D eigenvalue weighted by Gasteiger charge is 2.04. The Morgan fingerprint density at radius 1 is 0.0930 bits per heavy atom. The summed E-state index contributed by atoms with van der Waals surface area (Å²) in [7, 11) is 4.93. The second-order valence-electron chi connectivity index (χ2n) is 25.1. The second kappa shape index (κ2) is 134. The summed E-state index contributed by atoms with van der Waals surface area (Å²) in [6, 6.07) is 0. The Kier molecular flexibility index (Phi) is 135. The fourth-order valence-electron chi connectivity index (χ4n) is 8.56. The van der Waals surface area contributed by atoms with E-state index in [1.54, 1.807) is 21.3 Å². The first kappa shape index (κ1) is 130. The van der Waals surface area contributed by atoms with Crippen molar-refractivity contribution < 1.29 is 199 Å². The van der Waals surface area contributed by atoms with Crippen molar-refractivity contribution in [3.8, 4) is 0 Å². The zero-order chi connectivity index (χ0) is 93.0. The molecule has 0 spiro atoms. The van der Waals surface area contributed by atoms with Crippen LogP contribution >= 0.6 is 0 Å². The molecule has 0 atom stereocenters. The van der Waals surface area contributed by atoms with Crippen LogP contribution in [0.2, 0.25) is 0 Å². The molecule has 0 aromatic rings. The molecule has 42 nitrogen and oxygen atoms in total. The molecule has 42 heteroatoms. The smallest absolute Gasteiger partial charge is 0.111 e. The van der Waals surface area contributed by atoms with Crippen LogP contribution in [0.4, 0.5) is 0 Å². The SMILES string of the molecule is C=COCCOCCOCCOCCOCCOCCOCCOCCOCCOCCOCCOCCOC.C=COCCOCCOCCOCCOCCOCCOCCOCCOCCOCCOCCOCCOCCOC.C=COCCOCCOCCOCCOCCOCCOCCOCCOCCOCCOCCOCCOCCOCCOC. The molecular weight excluding hydrogens is 1720 g/mol. The molecule has 0 heterocycles. The highest BCUT2D eigenvalue weighted by atomic mass is 16.6. The molecule has 129 heavy (non-hydrogen) atoms. The van der Waals surface area contributed by atoms with Gasteiger partial charge in [-0.25, -0.2) is 0 Å². The molecule has 0 aliphatic carbocycles. The monoisotopic (exact) mass is 1890 g/mol. The van der Waals surface area contributed by atoms with Gasteiger partial charge >= 0.3 is 0 Å². The average Bonchev–Trinajstić information content (AvgIpc) is 1.12. The van der Waals surface area contributed by atoms with Gasteiger partial charge in [0.15, 0.2) is 0 Å². The average molecular weight is 1890 g/mol. The van der Waals surface area contributed by atoms with E-state index in [2.05, 4.69) is 19.7 Å². The minimum Gasteiger partial charge on any atom is -0.499 e. The third-order valence-electron chi connectivity index (χ3n) is 15.0. The van der Waals surface area contributed by atoms with Gasteiger partial charge in [-0.05, 0) is 0 Å². The van der Waals surface area contributed by atoms with Crippen LogP contribution in [0.3, 0.4) is 0 Å². The van der Waals surface area contributed by atoms with Crippen molar-refractivity contribution in [3.05, 3.63) is 38.5 Å². The van der Waals surface area contributed by atoms with Crippen LogP contribution in [0.1, 0.15) is 0 Å². The maximum atomic E-state index is 5.48. The quantitative estimate of drug-likeness (QED) is 0.0624. The molecule has 774 valence electrons. The van der Waals surface area contributed by atoms with Gasteiger partial charge in [0.1, 0.15) is 19.8 Å². The maximum Gasteiger partial charge on any atom is 0.111 e. The predicted molar refractivity (Wildman–Crippen MR) is 474 cm³/mol. The molecule has 0 radical (unpaired) electrons. The zero-order valence-corrected chi connectivity index (χ0v) is 79.2. The normalized spacial score (nSPS) is 11.4. The first-order chi connectivity index (χ1) is 64.2. The van der Waals surface area contributed by atoms with E-state index in [0.29, 0.717) is 515 Å². The minimum atomic E-state index is 0.500. The van der Waals surface area contributed by atoms with Crippen LogP contribution in [0, 0.1) is 0 Å². The zero-order valence-electron chi connectivity index (χ0n) is 79.2. The Balaban J connectivity index is -0.00000185. The fourth-order valence-corrected chi connectivity index (χ4v) is 8.56. The standard InChI is InChI=1S/C31H62O15.C29H58O14.C27H54O13/c1-3-33-6-7-35-10-11-37-14-15-39-18-19-41-22-23-43-26-27-45-30-31-46-29-28-44-25-24-42-21-20-40-17-16-38-13-12-36-9-8-34-5-4-32-2;1-3-31-6-7-33-10-11-35-14-15-37-18-19-39-22-23-41-26-27-43-29-28-42-25-24-40-21-20-38-17-16-36-13-12-34-9-8-32-5-4-30-2;1-3-29-6-7-31-10-11-33-14-15-35-18-19-37-22-23-39-26-27-40-25-24-38-21-20-36-17-16-34-13-12-32-9-8-30-5-4-28-2/h3H,1,4-31H2,2H3;3H,1,4-29H2,2H3;3H,1,4-27H2,2H3. The summed E-state index contributed by atoms with van der Waals surface area (Å²) in [6.45, 7) is 51.3. The van der Waals surface area contributed by atoms with Gasteiger partial charge in [-0.15, -0.1) is 0 Å². The van der Waals surface area contributed by atoms with Gasteiger partial charge in [0.2, 0.25) is 0 Å². The topological polar surface area (TPSA) is 388 Å². The van der Waals surface area contributed by atoms with Gasteiger partial charge in [-0.2, -0.15) is 0 Å². The van der Waals surface area contributed by atoms with E-state index in [0.717, 1.165) is 0 Å². The van der Waals surface area contributed by atoms with E-state index in [4.69, 9.17) is 199 Å². The van der Waals surface area contributed by atoms with E-state index < -0.39 is 0 Å². The van der Waals surface area contributed by atoms with Gasteiger partial charge in [-0.3, -0.25) is 0 Å². The van der Waals surface area contributed by atoms with Crippen LogP contribution in [0.15, 0.2) is 38.5 Å². The molecule has 0 amide bonds. The molecule has 0 saturated heterocycles. The number of ether oxygens (including phenoxy) is 42. The Bertz CT molecular complexity index is 1920. The lowest BCUT2D eigenvalue weighted by atomic mass is 10.6. The molecule has 0 saturated carbocycles. The van der Waals surface area contributed by atoms with Crippen molar-refractivity contribution in [2.24, 2.45) is 0 Å². The van der Waals surface area contributed by atoms with E-state index >= 15 is 0 Å². The first-order valence-corrected chi connectivity index (χ1v) is 45.2. The van der Waals surface area contributed by atoms with Crippen molar-refractivity contribution in [2.75, 3.05) is 537 Å². The molecule has 0 N–H and O–H groups in total. The number of hydrogen-bond donors (Lipinski definition) is 0. The number of hydrogen-bond acceptors (Lipinski definition) is 42.